The summed E-state index contributed by atoms with van der Waals surface area (Å²) in [5.41, 5.74) is -0.351. The van der Waals surface area contributed by atoms with Crippen LogP contribution >= 0.6 is 0 Å². The summed E-state index contributed by atoms with van der Waals surface area (Å²) in [6.07, 6.45) is 4.97. The van der Waals surface area contributed by atoms with Crippen LogP contribution in [0.2, 0.25) is 0 Å². The number of nitrogens with one attached hydrogen (secondary N) is 1. The highest BCUT2D eigenvalue weighted by molar-refractivity contribution is 5.90. The number of hydrogen-bond donors (Lipinski definition) is 2. The lowest BCUT2D eigenvalue weighted by Crippen LogP contribution is -2.63. The Kier molecular flexibility index (Phi) is 5.08. The van der Waals surface area contributed by atoms with E-state index in [1.807, 2.05) is 29.2 Å². The van der Waals surface area contributed by atoms with Gasteiger partial charge in [0.05, 0.1) is 24.0 Å². The lowest BCUT2D eigenvalue weighted by atomic mass is 9.70. The molecule has 6 heteroatoms. The minimum absolute atomic E-state index is 0.103. The Bertz CT molecular complexity index is 741. The highest BCUT2D eigenvalue weighted by Crippen LogP contribution is 2.45. The number of methoxy groups -OCH3 is 1. The molecule has 2 amide bonds. The van der Waals surface area contributed by atoms with Crippen LogP contribution in [0, 0.1) is 5.41 Å². The number of aliphatic hydroxyl groups excluding tert-OH is 1. The third-order valence-corrected chi connectivity index (χ3v) is 7.12. The Morgan fingerprint density at radius 2 is 1.89 bits per heavy atom. The van der Waals surface area contributed by atoms with Gasteiger partial charge in [-0.05, 0) is 49.8 Å². The van der Waals surface area contributed by atoms with E-state index in [9.17, 15) is 14.7 Å². The van der Waals surface area contributed by atoms with E-state index in [2.05, 4.69) is 5.32 Å². The van der Waals surface area contributed by atoms with Gasteiger partial charge in [0.15, 0.2) is 0 Å². The third-order valence-electron chi connectivity index (χ3n) is 7.12. The number of carbonyl (C=O) groups is 2. The molecule has 3 fully saturated rings. The summed E-state index contributed by atoms with van der Waals surface area (Å²) in [5, 5.41) is 13.6. The van der Waals surface area contributed by atoms with Crippen LogP contribution < -0.4 is 10.1 Å². The molecule has 2 aliphatic heterocycles. The van der Waals surface area contributed by atoms with Crippen LogP contribution in [-0.2, 0) is 15.0 Å². The first-order valence-corrected chi connectivity index (χ1v) is 10.4. The summed E-state index contributed by atoms with van der Waals surface area (Å²) < 4.78 is 5.27. The van der Waals surface area contributed by atoms with Crippen LogP contribution in [0.4, 0.5) is 0 Å². The average Bonchev–Trinajstić information content (AvgIpc) is 3.23. The van der Waals surface area contributed by atoms with Gasteiger partial charge in [0.25, 0.3) is 0 Å². The molecule has 0 radical (unpaired) electrons. The van der Waals surface area contributed by atoms with Crippen molar-refractivity contribution < 1.29 is 19.4 Å². The lowest BCUT2D eigenvalue weighted by molar-refractivity contribution is -0.157. The second-order valence-corrected chi connectivity index (χ2v) is 8.56. The summed E-state index contributed by atoms with van der Waals surface area (Å²) in [6, 6.07) is 7.84. The van der Waals surface area contributed by atoms with Crippen molar-refractivity contribution in [1.82, 2.24) is 10.2 Å². The molecule has 28 heavy (non-hydrogen) atoms. The van der Waals surface area contributed by atoms with E-state index in [-0.39, 0.29) is 11.8 Å². The van der Waals surface area contributed by atoms with Crippen LogP contribution in [0.5, 0.6) is 5.75 Å². The smallest absolute Gasteiger partial charge is 0.233 e. The van der Waals surface area contributed by atoms with Crippen molar-refractivity contribution in [3.63, 3.8) is 0 Å². The van der Waals surface area contributed by atoms with Gasteiger partial charge in [0.2, 0.25) is 11.8 Å². The molecule has 152 valence electrons. The van der Waals surface area contributed by atoms with Gasteiger partial charge in [-0.3, -0.25) is 9.59 Å². The first kappa shape index (κ1) is 19.2. The quantitative estimate of drug-likeness (QED) is 0.833. The minimum atomic E-state index is -0.855. The Hall–Kier alpha value is -2.08. The minimum Gasteiger partial charge on any atom is -0.497 e. The first-order chi connectivity index (χ1) is 13.5. The maximum Gasteiger partial charge on any atom is 0.233 e. The SMILES string of the molecule is COc1ccc(C2(C(=O)N3CC[C@H](O)[C@@]4(CCCNC4=O)C3)CCCC2)cc1. The average molecular weight is 386 g/mol. The standard InChI is InChI=1S/C22H30N2O4/c1-28-17-7-5-16(6-8-17)21(10-2-3-11-21)20(27)24-14-9-18(25)22(15-24)12-4-13-23-19(22)26/h5-8,18,25H,2-4,9-15H2,1H3,(H,23,26)/t18-,22+/m0/s1. The number of carbonyl (C=O) groups excluding carboxylic acids is 2. The Balaban J connectivity index is 1.63. The van der Waals surface area contributed by atoms with Gasteiger partial charge in [0.1, 0.15) is 5.75 Å². The van der Waals surface area contributed by atoms with Crippen molar-refractivity contribution in [3.8, 4) is 5.75 Å². The van der Waals surface area contributed by atoms with Crippen molar-refractivity contribution in [2.75, 3.05) is 26.7 Å². The van der Waals surface area contributed by atoms with Crippen LogP contribution in [0.25, 0.3) is 0 Å². The fourth-order valence-corrected chi connectivity index (χ4v) is 5.43. The molecule has 2 atom stereocenters. The number of rotatable bonds is 3. The van der Waals surface area contributed by atoms with Crippen molar-refractivity contribution in [1.29, 1.82) is 0 Å². The molecule has 2 saturated heterocycles. The molecule has 1 saturated carbocycles. The van der Waals surface area contributed by atoms with Crippen molar-refractivity contribution >= 4 is 11.8 Å². The number of piperidine rings is 2. The van der Waals surface area contributed by atoms with Crippen molar-refractivity contribution in [2.45, 2.75) is 56.5 Å². The maximum atomic E-state index is 13.8. The Morgan fingerprint density at radius 3 is 2.54 bits per heavy atom. The number of benzene rings is 1. The highest BCUT2D eigenvalue weighted by Gasteiger charge is 2.53. The van der Waals surface area contributed by atoms with Crippen LogP contribution in [0.15, 0.2) is 24.3 Å². The van der Waals surface area contributed by atoms with Gasteiger partial charge in [-0.2, -0.15) is 0 Å². The Labute approximate surface area is 166 Å². The summed E-state index contributed by atoms with van der Waals surface area (Å²) in [6.45, 7) is 1.47. The zero-order chi connectivity index (χ0) is 19.8. The topological polar surface area (TPSA) is 78.9 Å². The molecule has 1 aromatic rings. The molecule has 2 N–H and O–H groups in total. The molecular formula is C22H30N2O4. The van der Waals surface area contributed by atoms with E-state index in [4.69, 9.17) is 4.74 Å². The molecule has 0 bridgehead atoms. The second-order valence-electron chi connectivity index (χ2n) is 8.56. The summed E-state index contributed by atoms with van der Waals surface area (Å²) in [7, 11) is 1.64. The molecule has 1 spiro atoms. The van der Waals surface area contributed by atoms with Crippen LogP contribution in [0.3, 0.4) is 0 Å². The monoisotopic (exact) mass is 386 g/mol. The van der Waals surface area contributed by atoms with E-state index in [0.717, 1.165) is 43.4 Å². The summed E-state index contributed by atoms with van der Waals surface area (Å²) in [5.74, 6) is 0.789. The lowest BCUT2D eigenvalue weighted by Gasteiger charge is -2.48. The molecule has 0 unspecified atom stereocenters. The first-order valence-electron chi connectivity index (χ1n) is 10.4. The molecule has 4 rings (SSSR count). The van der Waals surface area contributed by atoms with E-state index in [1.165, 1.54) is 0 Å². The van der Waals surface area contributed by atoms with Gasteiger partial charge in [-0.15, -0.1) is 0 Å². The summed E-state index contributed by atoms with van der Waals surface area (Å²) >= 11 is 0. The van der Waals surface area contributed by atoms with E-state index in [1.54, 1.807) is 7.11 Å². The second kappa shape index (κ2) is 7.39. The van der Waals surface area contributed by atoms with E-state index < -0.39 is 16.9 Å². The number of likely N-dealkylation sites (tertiary alicyclic amines) is 1. The highest BCUT2D eigenvalue weighted by atomic mass is 16.5. The molecule has 0 aromatic heterocycles. The fourth-order valence-electron chi connectivity index (χ4n) is 5.43. The maximum absolute atomic E-state index is 13.8. The predicted octanol–water partition coefficient (Wildman–Crippen LogP) is 2.00. The van der Waals surface area contributed by atoms with E-state index >= 15 is 0 Å². The molecule has 1 aliphatic carbocycles. The number of amides is 2. The van der Waals surface area contributed by atoms with Gasteiger partial charge < -0.3 is 20.1 Å². The van der Waals surface area contributed by atoms with E-state index in [0.29, 0.717) is 32.5 Å². The number of nitrogens with zero attached hydrogens (tertiary/aromatic N) is 1. The van der Waals surface area contributed by atoms with Gasteiger partial charge in [0, 0.05) is 19.6 Å². The number of aliphatic hydroxyl groups is 1. The predicted molar refractivity (Wildman–Crippen MR) is 105 cm³/mol. The molecule has 6 nitrogen and oxygen atoms in total. The fraction of sp³-hybridized carbons (Fsp3) is 0.636. The number of ether oxygens (including phenoxy) is 1. The van der Waals surface area contributed by atoms with Gasteiger partial charge in [-0.1, -0.05) is 25.0 Å². The molecule has 1 aromatic carbocycles. The normalized spacial score (nSPS) is 29.6. The zero-order valence-electron chi connectivity index (χ0n) is 16.6. The molecule has 3 aliphatic rings. The van der Waals surface area contributed by atoms with Gasteiger partial charge in [-0.25, -0.2) is 0 Å². The number of hydrogen-bond acceptors (Lipinski definition) is 4. The van der Waals surface area contributed by atoms with Crippen molar-refractivity contribution in [3.05, 3.63) is 29.8 Å². The largest absolute Gasteiger partial charge is 0.497 e. The zero-order valence-corrected chi connectivity index (χ0v) is 16.6. The van der Waals surface area contributed by atoms with Crippen molar-refractivity contribution in [2.24, 2.45) is 5.41 Å². The van der Waals surface area contributed by atoms with Gasteiger partial charge >= 0.3 is 0 Å². The summed E-state index contributed by atoms with van der Waals surface area (Å²) in [4.78, 5) is 28.3. The third kappa shape index (κ3) is 2.98. The molecular weight excluding hydrogens is 356 g/mol. The van der Waals surface area contributed by atoms with Crippen LogP contribution in [-0.4, -0.2) is 54.7 Å². The molecule has 2 heterocycles. The Morgan fingerprint density at radius 1 is 1.18 bits per heavy atom. The van der Waals surface area contributed by atoms with Crippen LogP contribution in [0.1, 0.15) is 50.5 Å².